The Balaban J connectivity index is 1.99. The number of hydrogen-bond donors (Lipinski definition) is 0. The molecule has 2 fully saturated rings. The molecule has 1 heterocycles. The maximum atomic E-state index is 5.72. The summed E-state index contributed by atoms with van der Waals surface area (Å²) in [4.78, 5) is 0. The first-order valence-corrected chi connectivity index (χ1v) is 5.72. The van der Waals surface area contributed by atoms with Crippen molar-refractivity contribution in [2.24, 2.45) is 0 Å². The van der Waals surface area contributed by atoms with Crippen LogP contribution in [0.5, 0.6) is 0 Å². The van der Waals surface area contributed by atoms with Crippen molar-refractivity contribution < 1.29 is 14.2 Å². The highest BCUT2D eigenvalue weighted by Crippen LogP contribution is 2.39. The fourth-order valence-electron chi connectivity index (χ4n) is 2.31. The summed E-state index contributed by atoms with van der Waals surface area (Å²) in [6.45, 7) is 0.597. The van der Waals surface area contributed by atoms with Gasteiger partial charge in [0.25, 0.3) is 0 Å². The van der Waals surface area contributed by atoms with Gasteiger partial charge in [-0.2, -0.15) is 0 Å². The summed E-state index contributed by atoms with van der Waals surface area (Å²) in [7, 11) is 1.74. The molecule has 0 amide bonds. The average molecular weight is 221 g/mol. The molecule has 3 nitrogen and oxygen atoms in total. The van der Waals surface area contributed by atoms with Crippen LogP contribution in [0.1, 0.15) is 25.7 Å². The predicted octanol–water partition coefficient (Wildman–Crippen LogP) is 1.93. The van der Waals surface area contributed by atoms with Gasteiger partial charge in [0.15, 0.2) is 6.29 Å². The Morgan fingerprint density at radius 1 is 1.43 bits per heavy atom. The molecule has 2 rings (SSSR count). The van der Waals surface area contributed by atoms with Crippen LogP contribution in [0.15, 0.2) is 0 Å². The summed E-state index contributed by atoms with van der Waals surface area (Å²) < 4.78 is 16.9. The number of alkyl halides is 1. The SMILES string of the molecule is COC1(C2OCC(CCl)O2)CCCC1. The molecule has 1 saturated carbocycles. The molecule has 0 aromatic rings. The maximum absolute atomic E-state index is 5.72. The molecule has 4 heteroatoms. The first-order valence-electron chi connectivity index (χ1n) is 5.19. The molecule has 1 saturated heterocycles. The number of hydrogen-bond acceptors (Lipinski definition) is 3. The van der Waals surface area contributed by atoms with Crippen LogP contribution in [-0.4, -0.2) is 37.6 Å². The predicted molar refractivity (Wildman–Crippen MR) is 53.5 cm³/mol. The second-order valence-electron chi connectivity index (χ2n) is 4.05. The summed E-state index contributed by atoms with van der Waals surface area (Å²) in [6, 6.07) is 0. The van der Waals surface area contributed by atoms with Crippen LogP contribution in [-0.2, 0) is 14.2 Å². The van der Waals surface area contributed by atoms with E-state index in [9.17, 15) is 0 Å². The topological polar surface area (TPSA) is 27.7 Å². The molecule has 2 unspecified atom stereocenters. The van der Waals surface area contributed by atoms with Crippen LogP contribution in [0.4, 0.5) is 0 Å². The van der Waals surface area contributed by atoms with E-state index in [1.54, 1.807) is 7.11 Å². The zero-order valence-corrected chi connectivity index (χ0v) is 9.26. The van der Waals surface area contributed by atoms with Gasteiger partial charge in [-0.3, -0.25) is 0 Å². The molecule has 0 radical (unpaired) electrons. The van der Waals surface area contributed by atoms with Gasteiger partial charge in [-0.05, 0) is 12.8 Å². The van der Waals surface area contributed by atoms with Crippen molar-refractivity contribution >= 4 is 11.6 Å². The van der Waals surface area contributed by atoms with Crippen molar-refractivity contribution in [1.82, 2.24) is 0 Å². The van der Waals surface area contributed by atoms with E-state index >= 15 is 0 Å². The molecule has 0 aromatic carbocycles. The monoisotopic (exact) mass is 220 g/mol. The van der Waals surface area contributed by atoms with Crippen molar-refractivity contribution in [1.29, 1.82) is 0 Å². The van der Waals surface area contributed by atoms with Gasteiger partial charge in [0.1, 0.15) is 5.60 Å². The van der Waals surface area contributed by atoms with Crippen LogP contribution >= 0.6 is 11.6 Å². The standard InChI is InChI=1S/C10H17ClO3/c1-12-10(4-2-3-5-10)9-13-7-8(6-11)14-9/h8-9H,2-7H2,1H3. The zero-order valence-electron chi connectivity index (χ0n) is 8.50. The van der Waals surface area contributed by atoms with Crippen LogP contribution < -0.4 is 0 Å². The highest BCUT2D eigenvalue weighted by atomic mass is 35.5. The van der Waals surface area contributed by atoms with Crippen molar-refractivity contribution in [2.45, 2.75) is 43.7 Å². The lowest BCUT2D eigenvalue weighted by molar-refractivity contribution is -0.197. The van der Waals surface area contributed by atoms with Gasteiger partial charge in [0, 0.05) is 7.11 Å². The molecular weight excluding hydrogens is 204 g/mol. The minimum Gasteiger partial charge on any atom is -0.373 e. The third-order valence-electron chi connectivity index (χ3n) is 3.21. The van der Waals surface area contributed by atoms with E-state index in [1.807, 2.05) is 0 Å². The van der Waals surface area contributed by atoms with Crippen LogP contribution in [0.25, 0.3) is 0 Å². The Labute approximate surface area is 89.7 Å². The Morgan fingerprint density at radius 3 is 2.64 bits per heavy atom. The van der Waals surface area contributed by atoms with E-state index < -0.39 is 0 Å². The van der Waals surface area contributed by atoms with E-state index in [-0.39, 0.29) is 18.0 Å². The van der Waals surface area contributed by atoms with E-state index in [0.717, 1.165) is 12.8 Å². The number of halogens is 1. The van der Waals surface area contributed by atoms with Gasteiger partial charge in [-0.25, -0.2) is 0 Å². The normalized spacial score (nSPS) is 36.4. The molecule has 0 bridgehead atoms. The molecular formula is C10H17ClO3. The van der Waals surface area contributed by atoms with Crippen molar-refractivity contribution in [3.63, 3.8) is 0 Å². The van der Waals surface area contributed by atoms with Crippen LogP contribution in [0, 0.1) is 0 Å². The average Bonchev–Trinajstić information content (AvgIpc) is 2.87. The molecule has 0 spiro atoms. The minimum absolute atomic E-state index is 0.0364. The van der Waals surface area contributed by atoms with Crippen LogP contribution in [0.3, 0.4) is 0 Å². The first kappa shape index (κ1) is 10.7. The molecule has 0 N–H and O–H groups in total. The molecule has 2 atom stereocenters. The summed E-state index contributed by atoms with van der Waals surface area (Å²) >= 11 is 5.72. The smallest absolute Gasteiger partial charge is 0.187 e. The molecule has 0 aromatic heterocycles. The van der Waals surface area contributed by atoms with Gasteiger partial charge < -0.3 is 14.2 Å². The van der Waals surface area contributed by atoms with Gasteiger partial charge in [0.2, 0.25) is 0 Å². The number of ether oxygens (including phenoxy) is 3. The Hall–Kier alpha value is 0.170. The number of rotatable bonds is 3. The fourth-order valence-corrected chi connectivity index (χ4v) is 2.48. The molecule has 1 aliphatic carbocycles. The highest BCUT2D eigenvalue weighted by molar-refractivity contribution is 6.18. The minimum atomic E-state index is -0.209. The second-order valence-corrected chi connectivity index (χ2v) is 4.36. The Morgan fingerprint density at radius 2 is 2.14 bits per heavy atom. The summed E-state index contributed by atoms with van der Waals surface area (Å²) in [5.74, 6) is 0.496. The van der Waals surface area contributed by atoms with Gasteiger partial charge in [0.05, 0.1) is 18.6 Å². The van der Waals surface area contributed by atoms with E-state index in [4.69, 9.17) is 25.8 Å². The summed E-state index contributed by atoms with van der Waals surface area (Å²) in [5, 5.41) is 0. The third-order valence-corrected chi connectivity index (χ3v) is 3.55. The van der Waals surface area contributed by atoms with Gasteiger partial charge in [-0.15, -0.1) is 11.6 Å². The summed E-state index contributed by atoms with van der Waals surface area (Å²) in [6.07, 6.45) is 4.28. The van der Waals surface area contributed by atoms with Crippen molar-refractivity contribution in [2.75, 3.05) is 19.6 Å². The number of methoxy groups -OCH3 is 1. The maximum Gasteiger partial charge on any atom is 0.187 e. The fraction of sp³-hybridized carbons (Fsp3) is 1.00. The molecule has 14 heavy (non-hydrogen) atoms. The van der Waals surface area contributed by atoms with Crippen molar-refractivity contribution in [3.8, 4) is 0 Å². The van der Waals surface area contributed by atoms with Crippen LogP contribution in [0.2, 0.25) is 0 Å². The van der Waals surface area contributed by atoms with Gasteiger partial charge in [-0.1, -0.05) is 12.8 Å². The molecule has 1 aliphatic heterocycles. The largest absolute Gasteiger partial charge is 0.373 e. The summed E-state index contributed by atoms with van der Waals surface area (Å²) in [5.41, 5.74) is -0.208. The van der Waals surface area contributed by atoms with Gasteiger partial charge >= 0.3 is 0 Å². The third kappa shape index (κ3) is 1.78. The lowest BCUT2D eigenvalue weighted by Gasteiger charge is -2.32. The Kier molecular flexibility index (Phi) is 3.32. The molecule has 82 valence electrons. The lowest BCUT2D eigenvalue weighted by atomic mass is 10.0. The van der Waals surface area contributed by atoms with E-state index in [0.29, 0.717) is 12.5 Å². The quantitative estimate of drug-likeness (QED) is 0.681. The highest BCUT2D eigenvalue weighted by Gasteiger charge is 2.47. The van der Waals surface area contributed by atoms with E-state index in [2.05, 4.69) is 0 Å². The zero-order chi connectivity index (χ0) is 10.0. The van der Waals surface area contributed by atoms with Crippen molar-refractivity contribution in [3.05, 3.63) is 0 Å². The molecule has 2 aliphatic rings. The van der Waals surface area contributed by atoms with E-state index in [1.165, 1.54) is 12.8 Å². The Bertz CT molecular complexity index is 192. The second kappa shape index (κ2) is 4.35. The lowest BCUT2D eigenvalue weighted by Crippen LogP contribution is -2.42. The first-order chi connectivity index (χ1) is 6.80.